The van der Waals surface area contributed by atoms with Crippen molar-refractivity contribution >= 4 is 0 Å². The van der Waals surface area contributed by atoms with E-state index in [1.807, 2.05) is 0 Å². The average Bonchev–Trinajstić information content (AvgIpc) is 1.86. The molecule has 0 saturated heterocycles. The molecular formula is C4H6F4N2. The first-order chi connectivity index (χ1) is 4.42. The number of alkyl halides is 4. The zero-order valence-electron chi connectivity index (χ0n) is 4.82. The highest BCUT2D eigenvalue weighted by atomic mass is 19.3. The summed E-state index contributed by atoms with van der Waals surface area (Å²) < 4.78 is 46.5. The summed E-state index contributed by atoms with van der Waals surface area (Å²) in [7, 11) is 0. The van der Waals surface area contributed by atoms with Gasteiger partial charge in [0.25, 0.3) is 0 Å². The van der Waals surface area contributed by atoms with E-state index in [-0.39, 0.29) is 6.20 Å². The molecule has 0 aliphatic heterocycles. The average molecular weight is 158 g/mol. The molecule has 0 spiro atoms. The molecule has 0 fully saturated rings. The summed E-state index contributed by atoms with van der Waals surface area (Å²) in [4.78, 5) is 0. The highest BCUT2D eigenvalue weighted by Crippen LogP contribution is 2.27. The van der Waals surface area contributed by atoms with Crippen molar-refractivity contribution in [2.24, 2.45) is 11.5 Å². The molecular weight excluding hydrogens is 152 g/mol. The number of rotatable bonds is 2. The summed E-state index contributed by atoms with van der Waals surface area (Å²) in [5.41, 5.74) is 7.64. The van der Waals surface area contributed by atoms with Gasteiger partial charge in [-0.25, -0.2) is 8.78 Å². The second kappa shape index (κ2) is 2.76. The van der Waals surface area contributed by atoms with E-state index in [1.165, 1.54) is 0 Å². The van der Waals surface area contributed by atoms with Gasteiger partial charge in [0.15, 0.2) is 0 Å². The van der Waals surface area contributed by atoms with E-state index in [0.717, 1.165) is 0 Å². The van der Waals surface area contributed by atoms with Gasteiger partial charge in [0, 0.05) is 6.20 Å². The van der Waals surface area contributed by atoms with Gasteiger partial charge in [0.05, 0.1) is 0 Å². The number of hydrogen-bond donors (Lipinski definition) is 2. The summed E-state index contributed by atoms with van der Waals surface area (Å²) in [5, 5.41) is 0. The summed E-state index contributed by atoms with van der Waals surface area (Å²) in [6.07, 6.45) is -3.56. The van der Waals surface area contributed by atoms with Crippen LogP contribution in [-0.2, 0) is 0 Å². The molecule has 0 aliphatic rings. The van der Waals surface area contributed by atoms with Gasteiger partial charge < -0.3 is 11.5 Å². The molecule has 0 aliphatic carbocycles. The number of allylic oxidation sites excluding steroid dienone is 1. The monoisotopic (exact) mass is 158 g/mol. The molecule has 0 aromatic rings. The fourth-order valence-corrected chi connectivity index (χ4v) is 0.237. The Balaban J connectivity index is 4.40. The van der Waals surface area contributed by atoms with Gasteiger partial charge in [0.2, 0.25) is 0 Å². The molecule has 0 bridgehead atoms. The molecule has 6 heteroatoms. The maximum Gasteiger partial charge on any atom is 0.347 e. The molecule has 0 radical (unpaired) electrons. The quantitative estimate of drug-likeness (QED) is 0.579. The predicted octanol–water partition coefficient (Wildman–Crippen LogP) is 0.646. The van der Waals surface area contributed by atoms with Crippen LogP contribution < -0.4 is 11.5 Å². The third kappa shape index (κ3) is 1.52. The molecule has 10 heavy (non-hydrogen) atoms. The van der Waals surface area contributed by atoms with Crippen molar-refractivity contribution in [3.63, 3.8) is 0 Å². The minimum atomic E-state index is -4.31. The second-order valence-corrected chi connectivity index (χ2v) is 1.55. The van der Waals surface area contributed by atoms with Crippen LogP contribution in [-0.4, -0.2) is 12.3 Å². The van der Waals surface area contributed by atoms with E-state index in [0.29, 0.717) is 0 Å². The number of nitrogens with two attached hydrogens (primary N) is 2. The smallest absolute Gasteiger partial charge is 0.347 e. The van der Waals surface area contributed by atoms with Gasteiger partial charge in [-0.2, -0.15) is 8.78 Å². The van der Waals surface area contributed by atoms with E-state index >= 15 is 0 Å². The lowest BCUT2D eigenvalue weighted by molar-refractivity contribution is -0.100. The summed E-state index contributed by atoms with van der Waals surface area (Å²) >= 11 is 0. The molecule has 0 aromatic carbocycles. The highest BCUT2D eigenvalue weighted by Gasteiger charge is 2.43. The predicted molar refractivity (Wildman–Crippen MR) is 27.4 cm³/mol. The second-order valence-electron chi connectivity index (χ2n) is 1.55. The van der Waals surface area contributed by atoms with Crippen LogP contribution in [0.25, 0.3) is 0 Å². The molecule has 2 nitrogen and oxygen atoms in total. The minimum Gasteiger partial charge on any atom is -0.403 e. The van der Waals surface area contributed by atoms with Crippen molar-refractivity contribution in [3.8, 4) is 0 Å². The van der Waals surface area contributed by atoms with E-state index in [1.54, 1.807) is 0 Å². The van der Waals surface area contributed by atoms with Crippen molar-refractivity contribution in [3.05, 3.63) is 11.9 Å². The molecule has 4 N–H and O–H groups in total. The van der Waals surface area contributed by atoms with Crippen molar-refractivity contribution in [2.45, 2.75) is 12.3 Å². The Morgan fingerprint density at radius 3 is 1.90 bits per heavy atom. The Hall–Kier alpha value is -0.940. The van der Waals surface area contributed by atoms with Gasteiger partial charge in [0.1, 0.15) is 5.70 Å². The number of halogens is 4. The lowest BCUT2D eigenvalue weighted by Crippen LogP contribution is -2.33. The van der Waals surface area contributed by atoms with Crippen LogP contribution in [0, 0.1) is 0 Å². The molecule has 0 heterocycles. The summed E-state index contributed by atoms with van der Waals surface area (Å²) in [5.74, 6) is -4.31. The van der Waals surface area contributed by atoms with Crippen LogP contribution in [0.3, 0.4) is 0 Å². The van der Waals surface area contributed by atoms with E-state index in [4.69, 9.17) is 0 Å². The summed E-state index contributed by atoms with van der Waals surface area (Å²) in [6, 6.07) is 0. The van der Waals surface area contributed by atoms with Gasteiger partial charge in [-0.3, -0.25) is 0 Å². The lowest BCUT2D eigenvalue weighted by Gasteiger charge is -2.13. The van der Waals surface area contributed by atoms with Gasteiger partial charge in [-0.05, 0) is 0 Å². The topological polar surface area (TPSA) is 52.0 Å². The van der Waals surface area contributed by atoms with Crippen LogP contribution in [0.1, 0.15) is 0 Å². The molecule has 0 rings (SSSR count). The fraction of sp³-hybridized carbons (Fsp3) is 0.500. The largest absolute Gasteiger partial charge is 0.403 e. The van der Waals surface area contributed by atoms with E-state index in [2.05, 4.69) is 11.5 Å². The molecule has 0 aromatic heterocycles. The zero-order valence-corrected chi connectivity index (χ0v) is 4.82. The highest BCUT2D eigenvalue weighted by molar-refractivity contribution is 5.07. The summed E-state index contributed by atoms with van der Waals surface area (Å²) in [6.45, 7) is 0. The van der Waals surface area contributed by atoms with Crippen LogP contribution in [0.15, 0.2) is 11.9 Å². The first-order valence-electron chi connectivity index (χ1n) is 2.26. The van der Waals surface area contributed by atoms with Crippen LogP contribution in [0.5, 0.6) is 0 Å². The van der Waals surface area contributed by atoms with Gasteiger partial charge >= 0.3 is 12.3 Å². The molecule has 0 unspecified atom stereocenters. The number of hydrogen-bond acceptors (Lipinski definition) is 2. The zero-order chi connectivity index (χ0) is 8.36. The Kier molecular flexibility index (Phi) is 2.50. The van der Waals surface area contributed by atoms with Gasteiger partial charge in [-0.15, -0.1) is 0 Å². The van der Waals surface area contributed by atoms with E-state index < -0.39 is 18.0 Å². The molecule has 0 amide bonds. The van der Waals surface area contributed by atoms with Crippen LogP contribution in [0.2, 0.25) is 0 Å². The fourth-order valence-electron chi connectivity index (χ4n) is 0.237. The first-order valence-corrected chi connectivity index (χ1v) is 2.26. The molecule has 60 valence electrons. The third-order valence-corrected chi connectivity index (χ3v) is 0.839. The Morgan fingerprint density at radius 2 is 1.80 bits per heavy atom. The van der Waals surface area contributed by atoms with Crippen LogP contribution in [0.4, 0.5) is 17.6 Å². The standard InChI is InChI=1S/C4H6F4N2/c5-3(6)4(7,8)2(10)1-9/h1,3H,9-10H2. The van der Waals surface area contributed by atoms with Crippen LogP contribution >= 0.6 is 0 Å². The maximum absolute atomic E-state index is 11.9. The first kappa shape index (κ1) is 9.06. The lowest BCUT2D eigenvalue weighted by atomic mass is 10.3. The SMILES string of the molecule is NC=C(N)C(F)(F)C(F)F. The molecule has 0 atom stereocenters. The third-order valence-electron chi connectivity index (χ3n) is 0.839. The Bertz CT molecular complexity index is 142. The normalized spacial score (nSPS) is 14.3. The van der Waals surface area contributed by atoms with Crippen molar-refractivity contribution < 1.29 is 17.6 Å². The van der Waals surface area contributed by atoms with E-state index in [9.17, 15) is 17.6 Å². The van der Waals surface area contributed by atoms with Crippen molar-refractivity contribution in [1.29, 1.82) is 0 Å². The van der Waals surface area contributed by atoms with Crippen molar-refractivity contribution in [2.75, 3.05) is 0 Å². The maximum atomic E-state index is 11.9. The van der Waals surface area contributed by atoms with Crippen molar-refractivity contribution in [1.82, 2.24) is 0 Å². The Labute approximate surface area is 54.5 Å². The Morgan fingerprint density at radius 1 is 1.40 bits per heavy atom. The molecule has 0 saturated carbocycles. The minimum absolute atomic E-state index is 0.256. The van der Waals surface area contributed by atoms with Gasteiger partial charge in [-0.1, -0.05) is 0 Å².